The van der Waals surface area contributed by atoms with Gasteiger partial charge in [0.05, 0.1) is 7.11 Å². The van der Waals surface area contributed by atoms with Crippen molar-refractivity contribution < 1.29 is 14.6 Å². The highest BCUT2D eigenvalue weighted by Gasteiger charge is 2.16. The molecule has 0 radical (unpaired) electrons. The Morgan fingerprint density at radius 2 is 2.00 bits per heavy atom. The number of aromatic nitrogens is 1. The summed E-state index contributed by atoms with van der Waals surface area (Å²) in [4.78, 5) is 6.46. The molecule has 6 nitrogen and oxygen atoms in total. The van der Waals surface area contributed by atoms with Crippen LogP contribution in [0.1, 0.15) is 30.4 Å². The Bertz CT molecular complexity index is 721. The molecule has 0 amide bonds. The van der Waals surface area contributed by atoms with Crippen molar-refractivity contribution in [3.8, 4) is 11.5 Å². The van der Waals surface area contributed by atoms with Crippen LogP contribution in [0.25, 0.3) is 0 Å². The van der Waals surface area contributed by atoms with E-state index in [2.05, 4.69) is 21.3 Å². The quantitative estimate of drug-likeness (QED) is 0.567. The zero-order chi connectivity index (χ0) is 20.3. The summed E-state index contributed by atoms with van der Waals surface area (Å²) in [6.45, 7) is 4.70. The number of methoxy groups -OCH3 is 1. The molecule has 2 N–H and O–H groups in total. The second-order valence-electron chi connectivity index (χ2n) is 7.60. The van der Waals surface area contributed by atoms with Crippen LogP contribution in [0.4, 0.5) is 0 Å². The largest absolute Gasteiger partial charge is 0.493 e. The maximum absolute atomic E-state index is 10.4. The molecule has 1 aromatic carbocycles. The summed E-state index contributed by atoms with van der Waals surface area (Å²) in [6.07, 6.45) is 7.86. The molecule has 158 valence electrons. The zero-order valence-corrected chi connectivity index (χ0v) is 17.3. The number of β-amino-alcohol motifs (C(OH)–C–C–N with tert-alkyl or cyclic N) is 1. The highest BCUT2D eigenvalue weighted by atomic mass is 16.5. The van der Waals surface area contributed by atoms with E-state index >= 15 is 0 Å². The van der Waals surface area contributed by atoms with E-state index in [9.17, 15) is 5.11 Å². The number of aliphatic hydroxyl groups excluding tert-OH is 1. The van der Waals surface area contributed by atoms with Crippen LogP contribution >= 0.6 is 0 Å². The van der Waals surface area contributed by atoms with E-state index in [0.29, 0.717) is 18.0 Å². The molecule has 0 spiro atoms. The van der Waals surface area contributed by atoms with Crippen molar-refractivity contribution >= 4 is 0 Å². The van der Waals surface area contributed by atoms with Gasteiger partial charge in [0.2, 0.25) is 0 Å². The first-order valence-corrected chi connectivity index (χ1v) is 10.5. The summed E-state index contributed by atoms with van der Waals surface area (Å²) < 4.78 is 11.3. The SMILES string of the molecule is COc1ccc(CNCCc2cccnc2)cc1OCC(O)CN1CCCCC1. The predicted octanol–water partition coefficient (Wildman–Crippen LogP) is 2.65. The van der Waals surface area contributed by atoms with Gasteiger partial charge in [0.15, 0.2) is 11.5 Å². The third-order valence-corrected chi connectivity index (χ3v) is 5.22. The lowest BCUT2D eigenvalue weighted by Gasteiger charge is -2.28. The number of aliphatic hydroxyl groups is 1. The first-order valence-electron chi connectivity index (χ1n) is 10.5. The van der Waals surface area contributed by atoms with Gasteiger partial charge >= 0.3 is 0 Å². The molecule has 29 heavy (non-hydrogen) atoms. The number of likely N-dealkylation sites (tertiary alicyclic amines) is 1. The Hall–Kier alpha value is -2.15. The monoisotopic (exact) mass is 399 g/mol. The van der Waals surface area contributed by atoms with Crippen LogP contribution in [-0.2, 0) is 13.0 Å². The lowest BCUT2D eigenvalue weighted by molar-refractivity contribution is 0.0608. The van der Waals surface area contributed by atoms with Crippen molar-refractivity contribution in [1.82, 2.24) is 15.2 Å². The highest BCUT2D eigenvalue weighted by molar-refractivity contribution is 5.43. The fraction of sp³-hybridized carbons (Fsp3) is 0.522. The summed E-state index contributed by atoms with van der Waals surface area (Å²) in [6, 6.07) is 9.99. The van der Waals surface area contributed by atoms with Crippen LogP contribution in [0.2, 0.25) is 0 Å². The van der Waals surface area contributed by atoms with E-state index in [4.69, 9.17) is 9.47 Å². The van der Waals surface area contributed by atoms with Crippen LogP contribution in [0.5, 0.6) is 11.5 Å². The second kappa shape index (κ2) is 11.8. The second-order valence-corrected chi connectivity index (χ2v) is 7.60. The van der Waals surface area contributed by atoms with Crippen LogP contribution in [-0.4, -0.2) is 61.0 Å². The third-order valence-electron chi connectivity index (χ3n) is 5.22. The van der Waals surface area contributed by atoms with Gasteiger partial charge < -0.3 is 24.8 Å². The first-order chi connectivity index (χ1) is 14.2. The minimum absolute atomic E-state index is 0.269. The molecule has 1 aromatic heterocycles. The molecule has 2 heterocycles. The van der Waals surface area contributed by atoms with Gasteiger partial charge in [-0.15, -0.1) is 0 Å². The fourth-order valence-electron chi connectivity index (χ4n) is 3.63. The van der Waals surface area contributed by atoms with Crippen molar-refractivity contribution in [2.75, 3.05) is 39.9 Å². The molecule has 1 aliphatic heterocycles. The summed E-state index contributed by atoms with van der Waals surface area (Å²) in [7, 11) is 1.64. The van der Waals surface area contributed by atoms with Gasteiger partial charge in [0.1, 0.15) is 12.7 Å². The number of pyridine rings is 1. The number of ether oxygens (including phenoxy) is 2. The van der Waals surface area contributed by atoms with Gasteiger partial charge in [-0.3, -0.25) is 4.98 Å². The van der Waals surface area contributed by atoms with Crippen LogP contribution in [0, 0.1) is 0 Å². The molecule has 1 saturated heterocycles. The highest BCUT2D eigenvalue weighted by Crippen LogP contribution is 2.28. The number of benzene rings is 1. The minimum Gasteiger partial charge on any atom is -0.493 e. The standard InChI is InChI=1S/C23H33N3O3/c1-28-22-8-7-20(16-25-11-9-19-6-5-10-24-15-19)14-23(22)29-18-21(27)17-26-12-3-2-4-13-26/h5-8,10,14-15,21,25,27H,2-4,9,11-13,16-18H2,1H3. The number of rotatable bonds is 11. The summed E-state index contributed by atoms with van der Waals surface area (Å²) in [5, 5.41) is 13.8. The Labute approximate surface area is 173 Å². The van der Waals surface area contributed by atoms with Crippen molar-refractivity contribution in [2.45, 2.75) is 38.3 Å². The molecule has 0 bridgehead atoms. The van der Waals surface area contributed by atoms with E-state index in [-0.39, 0.29) is 6.61 Å². The van der Waals surface area contributed by atoms with Crippen molar-refractivity contribution in [3.05, 3.63) is 53.9 Å². The zero-order valence-electron chi connectivity index (χ0n) is 17.3. The van der Waals surface area contributed by atoms with Crippen LogP contribution in [0.15, 0.2) is 42.7 Å². The molecule has 6 heteroatoms. The fourth-order valence-corrected chi connectivity index (χ4v) is 3.63. The Kier molecular flexibility index (Phi) is 8.74. The van der Waals surface area contributed by atoms with Crippen molar-refractivity contribution in [1.29, 1.82) is 0 Å². The minimum atomic E-state index is -0.501. The molecular weight excluding hydrogens is 366 g/mol. The average Bonchev–Trinajstić information content (AvgIpc) is 2.77. The molecule has 2 aromatic rings. The van der Waals surface area contributed by atoms with Crippen LogP contribution in [0.3, 0.4) is 0 Å². The van der Waals surface area contributed by atoms with Crippen molar-refractivity contribution in [3.63, 3.8) is 0 Å². The Morgan fingerprint density at radius 1 is 1.14 bits per heavy atom. The van der Waals surface area contributed by atoms with Gasteiger partial charge in [-0.1, -0.05) is 18.6 Å². The first kappa shape index (κ1) is 21.6. The lowest BCUT2D eigenvalue weighted by atomic mass is 10.1. The number of hydrogen-bond acceptors (Lipinski definition) is 6. The molecule has 1 aliphatic rings. The smallest absolute Gasteiger partial charge is 0.161 e. The van der Waals surface area contributed by atoms with E-state index in [1.807, 2.05) is 30.5 Å². The molecule has 0 saturated carbocycles. The maximum atomic E-state index is 10.4. The molecule has 1 unspecified atom stereocenters. The van der Waals surface area contributed by atoms with E-state index < -0.39 is 6.10 Å². The van der Waals surface area contributed by atoms with Crippen LogP contribution < -0.4 is 14.8 Å². The molecule has 3 rings (SSSR count). The predicted molar refractivity (Wildman–Crippen MR) is 114 cm³/mol. The summed E-state index contributed by atoms with van der Waals surface area (Å²) >= 11 is 0. The molecular formula is C23H33N3O3. The average molecular weight is 400 g/mol. The summed E-state index contributed by atoms with van der Waals surface area (Å²) in [5.41, 5.74) is 2.35. The number of nitrogens with zero attached hydrogens (tertiary/aromatic N) is 2. The Balaban J connectivity index is 1.46. The van der Waals surface area contributed by atoms with Gasteiger partial charge in [-0.2, -0.15) is 0 Å². The lowest BCUT2D eigenvalue weighted by Crippen LogP contribution is -2.38. The van der Waals surface area contributed by atoms with Crippen molar-refractivity contribution in [2.24, 2.45) is 0 Å². The third kappa shape index (κ3) is 7.31. The van der Waals surface area contributed by atoms with Gasteiger partial charge in [0.25, 0.3) is 0 Å². The van der Waals surface area contributed by atoms with Gasteiger partial charge in [-0.25, -0.2) is 0 Å². The van der Waals surface area contributed by atoms with Gasteiger partial charge in [0, 0.05) is 25.5 Å². The maximum Gasteiger partial charge on any atom is 0.161 e. The number of nitrogens with one attached hydrogen (secondary N) is 1. The normalized spacial score (nSPS) is 15.8. The topological polar surface area (TPSA) is 66.8 Å². The van der Waals surface area contributed by atoms with Gasteiger partial charge in [-0.05, 0) is 68.2 Å². The Morgan fingerprint density at radius 3 is 2.76 bits per heavy atom. The molecule has 0 aliphatic carbocycles. The molecule has 1 fully saturated rings. The number of piperidine rings is 1. The number of hydrogen-bond donors (Lipinski definition) is 2. The van der Waals surface area contributed by atoms with E-state index in [0.717, 1.165) is 38.2 Å². The summed E-state index contributed by atoms with van der Waals surface area (Å²) in [5.74, 6) is 1.37. The van der Waals surface area contributed by atoms with E-state index in [1.54, 1.807) is 13.3 Å². The molecule has 1 atom stereocenters. The van der Waals surface area contributed by atoms with E-state index in [1.165, 1.54) is 24.8 Å².